The Morgan fingerprint density at radius 3 is 2.17 bits per heavy atom. The highest BCUT2D eigenvalue weighted by Gasteiger charge is 2.00. The molecule has 0 aliphatic carbocycles. The summed E-state index contributed by atoms with van der Waals surface area (Å²) in [6.45, 7) is 12.1. The molecule has 1 rings (SSSR count). The van der Waals surface area contributed by atoms with Gasteiger partial charge in [-0.1, -0.05) is 49.5 Å². The average Bonchev–Trinajstić information content (AvgIpc) is 2.64. The van der Waals surface area contributed by atoms with Gasteiger partial charge in [-0.3, -0.25) is 0 Å². The van der Waals surface area contributed by atoms with Crippen LogP contribution in [0.15, 0.2) is 25.3 Å². The van der Waals surface area contributed by atoms with Crippen molar-refractivity contribution >= 4 is 24.3 Å². The van der Waals surface area contributed by atoms with Gasteiger partial charge < -0.3 is 4.57 Å². The quantitative estimate of drug-likeness (QED) is 0.681. The lowest BCUT2D eigenvalue weighted by Gasteiger charge is -1.97. The Labute approximate surface area is 108 Å². The fourth-order valence-corrected chi connectivity index (χ4v) is 2.16. The number of aromatic nitrogens is 1. The number of hydrogen-bond donors (Lipinski definition) is 0. The molecule has 1 nitrogen and oxygen atoms in total. The Kier molecular flexibility index (Phi) is 5.02. The SMILES string of the molecule is C#CCn1c(=C/C)/c(=C\C=C)c(=C/C)/c1=C\C=C. The van der Waals surface area contributed by atoms with Gasteiger partial charge in [-0.25, -0.2) is 0 Å². The zero-order valence-electron chi connectivity index (χ0n) is 11.1. The second-order valence-corrected chi connectivity index (χ2v) is 3.77. The minimum absolute atomic E-state index is 0.547. The van der Waals surface area contributed by atoms with Crippen molar-refractivity contribution in [3.8, 4) is 12.3 Å². The van der Waals surface area contributed by atoms with Crippen LogP contribution in [0.25, 0.3) is 24.3 Å². The molecule has 0 N–H and O–H groups in total. The van der Waals surface area contributed by atoms with Crippen molar-refractivity contribution in [3.63, 3.8) is 0 Å². The Hall–Kier alpha value is -2.20. The minimum Gasteiger partial charge on any atom is -0.329 e. The first-order valence-electron chi connectivity index (χ1n) is 5.95. The standard InChI is InChI=1S/C17H19N/c1-6-11-15-14(9-4)17(12-7-2)18(13-8-3)16(15)10-5/h3,6-7,9-12H,1-2,13H2,4-5H3/b14-9-,15-11-,16-10+,17-12+. The number of nitrogens with zero attached hydrogens (tertiary/aromatic N) is 1. The largest absolute Gasteiger partial charge is 0.329 e. The van der Waals surface area contributed by atoms with Crippen LogP contribution in [-0.4, -0.2) is 4.57 Å². The highest BCUT2D eigenvalue weighted by Crippen LogP contribution is 1.73. The van der Waals surface area contributed by atoms with E-state index in [-0.39, 0.29) is 0 Å². The van der Waals surface area contributed by atoms with E-state index in [1.165, 1.54) is 0 Å². The van der Waals surface area contributed by atoms with Crippen LogP contribution >= 0.6 is 0 Å². The Morgan fingerprint density at radius 1 is 1.06 bits per heavy atom. The lowest BCUT2D eigenvalue weighted by molar-refractivity contribution is 0.790. The van der Waals surface area contributed by atoms with Crippen molar-refractivity contribution in [2.24, 2.45) is 0 Å². The van der Waals surface area contributed by atoms with Crippen molar-refractivity contribution in [2.75, 3.05) is 0 Å². The molecular formula is C17H19N. The van der Waals surface area contributed by atoms with E-state index in [1.54, 1.807) is 12.2 Å². The fraction of sp³-hybridized carbons (Fsp3) is 0.176. The van der Waals surface area contributed by atoms with Crippen LogP contribution in [0, 0.1) is 12.3 Å². The molecule has 1 aromatic rings. The molecule has 0 unspecified atom stereocenters. The first-order valence-corrected chi connectivity index (χ1v) is 5.95. The third kappa shape index (κ3) is 2.38. The zero-order chi connectivity index (χ0) is 13.5. The van der Waals surface area contributed by atoms with Gasteiger partial charge in [-0.05, 0) is 19.9 Å². The smallest absolute Gasteiger partial charge is 0.0840 e. The van der Waals surface area contributed by atoms with E-state index < -0.39 is 0 Å². The van der Waals surface area contributed by atoms with Gasteiger partial charge in [0.25, 0.3) is 0 Å². The maximum absolute atomic E-state index is 5.46. The third-order valence-corrected chi connectivity index (χ3v) is 2.80. The second kappa shape index (κ2) is 6.51. The Morgan fingerprint density at radius 2 is 1.72 bits per heavy atom. The maximum atomic E-state index is 5.46. The Balaban J connectivity index is 4.14. The molecule has 18 heavy (non-hydrogen) atoms. The molecule has 0 saturated heterocycles. The van der Waals surface area contributed by atoms with E-state index in [0.29, 0.717) is 6.54 Å². The molecule has 1 heteroatoms. The highest BCUT2D eigenvalue weighted by atomic mass is 15.0. The second-order valence-electron chi connectivity index (χ2n) is 3.77. The third-order valence-electron chi connectivity index (χ3n) is 2.80. The molecule has 0 saturated carbocycles. The minimum atomic E-state index is 0.547. The normalized spacial score (nSPS) is 14.9. The van der Waals surface area contributed by atoms with Crippen molar-refractivity contribution in [1.29, 1.82) is 0 Å². The lowest BCUT2D eigenvalue weighted by Crippen LogP contribution is -2.36. The monoisotopic (exact) mass is 237 g/mol. The topological polar surface area (TPSA) is 4.93 Å². The number of hydrogen-bond acceptors (Lipinski definition) is 0. The summed E-state index contributed by atoms with van der Waals surface area (Å²) in [7, 11) is 0. The van der Waals surface area contributed by atoms with Crippen molar-refractivity contribution < 1.29 is 0 Å². The van der Waals surface area contributed by atoms with Crippen molar-refractivity contribution in [3.05, 3.63) is 46.4 Å². The van der Waals surface area contributed by atoms with E-state index in [0.717, 1.165) is 21.1 Å². The van der Waals surface area contributed by atoms with E-state index in [1.807, 2.05) is 26.0 Å². The van der Waals surface area contributed by atoms with Crippen LogP contribution in [0.3, 0.4) is 0 Å². The maximum Gasteiger partial charge on any atom is 0.0840 e. The molecule has 0 aliphatic rings. The fourth-order valence-electron chi connectivity index (χ4n) is 2.16. The molecule has 0 atom stereocenters. The van der Waals surface area contributed by atoms with Gasteiger partial charge in [-0.15, -0.1) is 6.42 Å². The summed E-state index contributed by atoms with van der Waals surface area (Å²) < 4.78 is 2.12. The molecule has 1 heterocycles. The van der Waals surface area contributed by atoms with E-state index in [2.05, 4.69) is 35.8 Å². The van der Waals surface area contributed by atoms with E-state index >= 15 is 0 Å². The van der Waals surface area contributed by atoms with Crippen molar-refractivity contribution in [1.82, 2.24) is 4.57 Å². The van der Waals surface area contributed by atoms with Gasteiger partial charge >= 0.3 is 0 Å². The van der Waals surface area contributed by atoms with Gasteiger partial charge in [0.05, 0.1) is 6.54 Å². The van der Waals surface area contributed by atoms with Crippen LogP contribution in [0.4, 0.5) is 0 Å². The van der Waals surface area contributed by atoms with E-state index in [4.69, 9.17) is 6.42 Å². The molecular weight excluding hydrogens is 218 g/mol. The summed E-state index contributed by atoms with van der Waals surface area (Å²) in [5, 5.41) is 4.53. The molecule has 0 bridgehead atoms. The van der Waals surface area contributed by atoms with Gasteiger partial charge in [0.15, 0.2) is 0 Å². The average molecular weight is 237 g/mol. The summed E-state index contributed by atoms with van der Waals surface area (Å²) in [6, 6.07) is 0. The summed E-state index contributed by atoms with van der Waals surface area (Å²) in [5.41, 5.74) is 0. The van der Waals surface area contributed by atoms with Crippen LogP contribution in [0.2, 0.25) is 0 Å². The lowest BCUT2D eigenvalue weighted by atomic mass is 10.3. The predicted octanol–water partition coefficient (Wildman–Crippen LogP) is 0.655. The molecule has 0 aromatic carbocycles. The molecule has 0 radical (unpaired) electrons. The number of rotatable bonds is 3. The van der Waals surface area contributed by atoms with Gasteiger partial charge in [-0.2, -0.15) is 0 Å². The zero-order valence-corrected chi connectivity index (χ0v) is 11.1. The number of allylic oxidation sites excluding steroid dienone is 2. The van der Waals surface area contributed by atoms with Gasteiger partial charge in [0.1, 0.15) is 0 Å². The first kappa shape index (κ1) is 13.9. The summed E-state index contributed by atoms with van der Waals surface area (Å²) in [4.78, 5) is 0. The summed E-state index contributed by atoms with van der Waals surface area (Å²) in [6.07, 6.45) is 17.2. The van der Waals surface area contributed by atoms with E-state index in [9.17, 15) is 0 Å². The highest BCUT2D eigenvalue weighted by molar-refractivity contribution is 5.44. The predicted molar refractivity (Wildman–Crippen MR) is 81.4 cm³/mol. The van der Waals surface area contributed by atoms with Crippen molar-refractivity contribution in [2.45, 2.75) is 20.4 Å². The van der Waals surface area contributed by atoms with Gasteiger partial charge in [0.2, 0.25) is 0 Å². The summed E-state index contributed by atoms with van der Waals surface area (Å²) >= 11 is 0. The molecule has 92 valence electrons. The Bertz CT molecular complexity index is 719. The molecule has 0 aliphatic heterocycles. The van der Waals surface area contributed by atoms with Crippen LogP contribution < -0.4 is 21.1 Å². The molecule has 0 fully saturated rings. The summed E-state index contributed by atoms with van der Waals surface area (Å²) in [5.74, 6) is 2.70. The van der Waals surface area contributed by atoms with Gasteiger partial charge in [0, 0.05) is 21.1 Å². The van der Waals surface area contributed by atoms with Crippen LogP contribution in [0.5, 0.6) is 0 Å². The molecule has 0 amide bonds. The number of terminal acetylenes is 1. The van der Waals surface area contributed by atoms with Crippen LogP contribution in [-0.2, 0) is 6.54 Å². The molecule has 1 aromatic heterocycles. The molecule has 0 spiro atoms. The van der Waals surface area contributed by atoms with Crippen LogP contribution in [0.1, 0.15) is 13.8 Å². The first-order chi connectivity index (χ1) is 8.74.